The van der Waals surface area contributed by atoms with Crippen LogP contribution in [0.2, 0.25) is 5.02 Å². The van der Waals surface area contributed by atoms with Crippen molar-refractivity contribution in [1.82, 2.24) is 19.6 Å². The van der Waals surface area contributed by atoms with Crippen molar-refractivity contribution in [2.45, 2.75) is 52.1 Å². The van der Waals surface area contributed by atoms with Gasteiger partial charge in [0.2, 0.25) is 0 Å². The number of fused-ring (bicyclic) bond motifs is 1. The van der Waals surface area contributed by atoms with Gasteiger partial charge in [-0.3, -0.25) is 9.89 Å². The van der Waals surface area contributed by atoms with Crippen molar-refractivity contribution in [3.63, 3.8) is 0 Å². The van der Waals surface area contributed by atoms with Gasteiger partial charge in [0.05, 0.1) is 12.2 Å². The van der Waals surface area contributed by atoms with Crippen LogP contribution in [0, 0.1) is 6.92 Å². The van der Waals surface area contributed by atoms with Crippen molar-refractivity contribution in [1.29, 1.82) is 0 Å². The maximum atomic E-state index is 12.6. The molecule has 0 bridgehead atoms. The monoisotopic (exact) mass is 423 g/mol. The zero-order valence-electron chi connectivity index (χ0n) is 17.3. The van der Waals surface area contributed by atoms with Gasteiger partial charge in [-0.25, -0.2) is 4.98 Å². The number of halogens is 1. The average Bonchev–Trinajstić information content (AvgIpc) is 3.48. The maximum absolute atomic E-state index is 12.6. The molecule has 0 atom stereocenters. The predicted molar refractivity (Wildman–Crippen MR) is 121 cm³/mol. The zero-order chi connectivity index (χ0) is 21.1. The van der Waals surface area contributed by atoms with Crippen LogP contribution in [0.1, 0.15) is 43.3 Å². The number of nitrogens with zero attached hydrogens (tertiary/aromatic N) is 4. The summed E-state index contributed by atoms with van der Waals surface area (Å²) < 4.78 is 1.40. The first-order valence-electron chi connectivity index (χ1n) is 10.4. The van der Waals surface area contributed by atoms with Gasteiger partial charge in [-0.1, -0.05) is 48.9 Å². The number of aromatic amines is 1. The molecule has 0 unspecified atom stereocenters. The summed E-state index contributed by atoms with van der Waals surface area (Å²) in [6.07, 6.45) is 12.0. The van der Waals surface area contributed by atoms with E-state index in [0.717, 1.165) is 35.5 Å². The normalized spacial score (nSPS) is 14.4. The van der Waals surface area contributed by atoms with Crippen LogP contribution in [0.15, 0.2) is 53.4 Å². The first-order valence-corrected chi connectivity index (χ1v) is 10.8. The van der Waals surface area contributed by atoms with E-state index in [2.05, 4.69) is 39.0 Å². The Hall–Kier alpha value is -2.86. The lowest BCUT2D eigenvalue weighted by molar-refractivity contribution is 0.763. The highest BCUT2D eigenvalue weighted by Crippen LogP contribution is 2.36. The summed E-state index contributed by atoms with van der Waals surface area (Å²) >= 11 is 6.34. The van der Waals surface area contributed by atoms with E-state index in [-0.39, 0.29) is 5.56 Å². The Morgan fingerprint density at radius 2 is 2.07 bits per heavy atom. The highest BCUT2D eigenvalue weighted by atomic mass is 35.5. The van der Waals surface area contributed by atoms with Gasteiger partial charge in [0.15, 0.2) is 0 Å². The number of rotatable bonds is 8. The third-order valence-corrected chi connectivity index (χ3v) is 5.64. The van der Waals surface area contributed by atoms with Crippen molar-refractivity contribution >= 4 is 23.1 Å². The largest absolute Gasteiger partial charge is 0.362 e. The van der Waals surface area contributed by atoms with Gasteiger partial charge in [-0.05, 0) is 43.9 Å². The lowest BCUT2D eigenvalue weighted by Crippen LogP contribution is -2.28. The maximum Gasteiger partial charge on any atom is 0.274 e. The Balaban J connectivity index is 1.59. The lowest BCUT2D eigenvalue weighted by Gasteiger charge is -2.26. The van der Waals surface area contributed by atoms with Crippen LogP contribution in [0.3, 0.4) is 0 Å². The fourth-order valence-corrected chi connectivity index (χ4v) is 3.66. The molecular formula is C23H26ClN5O. The smallest absolute Gasteiger partial charge is 0.274 e. The quantitative estimate of drug-likeness (QED) is 0.537. The summed E-state index contributed by atoms with van der Waals surface area (Å²) in [6.45, 7) is 4.68. The summed E-state index contributed by atoms with van der Waals surface area (Å²) in [6, 6.07) is 7.99. The summed E-state index contributed by atoms with van der Waals surface area (Å²) in [5, 5.41) is 3.79. The number of aromatic nitrogens is 4. The minimum atomic E-state index is -0.151. The predicted octanol–water partition coefficient (Wildman–Crippen LogP) is 4.61. The zero-order valence-corrected chi connectivity index (χ0v) is 18.1. The molecule has 1 N–H and O–H groups in total. The van der Waals surface area contributed by atoms with E-state index in [4.69, 9.17) is 11.6 Å². The number of anilines is 1. The van der Waals surface area contributed by atoms with Crippen LogP contribution in [-0.2, 0) is 13.0 Å². The fraction of sp³-hybridized carbons (Fsp3) is 0.348. The van der Waals surface area contributed by atoms with Gasteiger partial charge in [-0.15, -0.1) is 0 Å². The molecule has 4 rings (SSSR count). The molecule has 7 heteroatoms. The molecule has 0 saturated heterocycles. The molecule has 0 aliphatic heterocycles. The van der Waals surface area contributed by atoms with Crippen LogP contribution in [0.25, 0.3) is 5.78 Å². The van der Waals surface area contributed by atoms with E-state index in [1.165, 1.54) is 4.52 Å². The molecule has 1 aromatic carbocycles. The van der Waals surface area contributed by atoms with Crippen LogP contribution in [-0.4, -0.2) is 25.6 Å². The van der Waals surface area contributed by atoms with Crippen LogP contribution in [0.5, 0.6) is 0 Å². The Morgan fingerprint density at radius 3 is 2.83 bits per heavy atom. The molecule has 0 amide bonds. The molecule has 3 aromatic rings. The van der Waals surface area contributed by atoms with Gasteiger partial charge < -0.3 is 4.90 Å². The molecule has 156 valence electrons. The molecule has 6 nitrogen and oxygen atoms in total. The Bertz CT molecular complexity index is 1160. The number of benzene rings is 1. The Morgan fingerprint density at radius 1 is 1.27 bits per heavy atom. The van der Waals surface area contributed by atoms with Gasteiger partial charge in [0, 0.05) is 29.2 Å². The molecule has 1 aliphatic rings. The fourth-order valence-electron chi connectivity index (χ4n) is 3.50. The number of H-pyrrole nitrogens is 1. The SMILES string of the molecule is CC/C=C\C=C/Cc1nc2nc(CN(c3cccc(Cl)c3C)C3CC3)cc(=O)n2[nH]1. The second kappa shape index (κ2) is 8.88. The highest BCUT2D eigenvalue weighted by molar-refractivity contribution is 6.31. The summed E-state index contributed by atoms with van der Waals surface area (Å²) in [5.41, 5.74) is 2.71. The summed E-state index contributed by atoms with van der Waals surface area (Å²) in [4.78, 5) is 24.1. The summed E-state index contributed by atoms with van der Waals surface area (Å²) in [5.74, 6) is 1.12. The van der Waals surface area contributed by atoms with Crippen LogP contribution < -0.4 is 10.5 Å². The molecule has 30 heavy (non-hydrogen) atoms. The third-order valence-electron chi connectivity index (χ3n) is 5.23. The van der Waals surface area contributed by atoms with Crippen molar-refractivity contribution in [3.8, 4) is 0 Å². The van der Waals surface area contributed by atoms with E-state index < -0.39 is 0 Å². The number of hydrogen-bond donors (Lipinski definition) is 1. The topological polar surface area (TPSA) is 66.3 Å². The molecule has 0 spiro atoms. The van der Waals surface area contributed by atoms with Crippen molar-refractivity contribution < 1.29 is 0 Å². The summed E-state index contributed by atoms with van der Waals surface area (Å²) in [7, 11) is 0. The highest BCUT2D eigenvalue weighted by Gasteiger charge is 2.31. The van der Waals surface area contributed by atoms with E-state index in [1.54, 1.807) is 6.07 Å². The van der Waals surface area contributed by atoms with Crippen molar-refractivity contribution in [3.05, 3.63) is 81.0 Å². The van der Waals surface area contributed by atoms with Crippen molar-refractivity contribution in [2.24, 2.45) is 0 Å². The number of hydrogen-bond acceptors (Lipinski definition) is 4. The molecule has 1 fully saturated rings. The lowest BCUT2D eigenvalue weighted by atomic mass is 10.1. The second-order valence-corrected chi connectivity index (χ2v) is 8.01. The first-order chi connectivity index (χ1) is 14.6. The minimum absolute atomic E-state index is 0.151. The standard InChI is InChI=1S/C23H26ClN5O/c1-3-4-5-6-7-11-21-26-23-25-17(14-22(30)29(23)27-21)15-28(18-12-13-18)20-10-8-9-19(24)16(20)2/h4-10,14,18H,3,11-13,15H2,1-2H3,(H,25,26,27)/b5-4-,7-6-. The Labute approximate surface area is 180 Å². The molecular weight excluding hydrogens is 398 g/mol. The van der Waals surface area contributed by atoms with Crippen LogP contribution in [0.4, 0.5) is 5.69 Å². The van der Waals surface area contributed by atoms with Crippen molar-refractivity contribution in [2.75, 3.05) is 4.90 Å². The minimum Gasteiger partial charge on any atom is -0.362 e. The van der Waals surface area contributed by atoms with E-state index >= 15 is 0 Å². The second-order valence-electron chi connectivity index (χ2n) is 7.60. The molecule has 2 aromatic heterocycles. The third kappa shape index (κ3) is 4.49. The first kappa shape index (κ1) is 20.4. The molecule has 0 radical (unpaired) electrons. The number of nitrogens with one attached hydrogen (secondary N) is 1. The van der Waals surface area contributed by atoms with E-state index in [1.807, 2.05) is 37.3 Å². The molecule has 1 saturated carbocycles. The molecule has 1 aliphatic carbocycles. The van der Waals surface area contributed by atoms with Gasteiger partial charge >= 0.3 is 0 Å². The number of allylic oxidation sites excluding steroid dienone is 4. The average molecular weight is 424 g/mol. The molecule has 2 heterocycles. The van der Waals surface area contributed by atoms with Gasteiger partial charge in [0.25, 0.3) is 11.3 Å². The van der Waals surface area contributed by atoms with Gasteiger partial charge in [-0.2, -0.15) is 9.50 Å². The van der Waals surface area contributed by atoms with E-state index in [0.29, 0.717) is 36.3 Å². The van der Waals surface area contributed by atoms with E-state index in [9.17, 15) is 4.79 Å². The van der Waals surface area contributed by atoms with Crippen LogP contribution >= 0.6 is 11.6 Å². The van der Waals surface area contributed by atoms with Gasteiger partial charge in [0.1, 0.15) is 5.82 Å². The Kier molecular flexibility index (Phi) is 6.04.